The normalized spacial score (nSPS) is 17.0. The zero-order valence-electron chi connectivity index (χ0n) is 17.9. The van der Waals surface area contributed by atoms with E-state index in [4.69, 9.17) is 5.73 Å². The van der Waals surface area contributed by atoms with E-state index in [0.717, 1.165) is 13.0 Å². The van der Waals surface area contributed by atoms with Crippen LogP contribution in [-0.4, -0.2) is 29.8 Å². The zero-order chi connectivity index (χ0) is 19.7. The first kappa shape index (κ1) is 24.0. The van der Waals surface area contributed by atoms with Crippen LogP contribution in [0.3, 0.4) is 0 Å². The molecule has 0 aromatic rings. The monoisotopic (exact) mass is 380 g/mol. The first-order valence-corrected chi connectivity index (χ1v) is 11.7. The molecular formula is C23H44N2O2. The van der Waals surface area contributed by atoms with Crippen LogP contribution in [0.2, 0.25) is 0 Å². The average molecular weight is 381 g/mol. The molecule has 0 aromatic heterocycles. The van der Waals surface area contributed by atoms with Gasteiger partial charge in [0.05, 0.1) is 5.92 Å². The standard InChI is InChI=1S/C23H44N2O2/c1-2-3-4-5-6-7-8-9-10-11-12-13-14-15-16-17-18-25-20-21(23(24)27)19-22(25)26/h21H,2-20H2,1H3,(H2,24,27). The molecule has 0 aliphatic carbocycles. The molecule has 0 aromatic carbocycles. The van der Waals surface area contributed by atoms with E-state index in [9.17, 15) is 9.59 Å². The van der Waals surface area contributed by atoms with Gasteiger partial charge in [-0.05, 0) is 6.42 Å². The fourth-order valence-electron chi connectivity index (χ4n) is 4.03. The lowest BCUT2D eigenvalue weighted by atomic mass is 10.0. The maximum absolute atomic E-state index is 11.8. The molecule has 0 radical (unpaired) electrons. The number of primary amides is 1. The summed E-state index contributed by atoms with van der Waals surface area (Å²) in [6, 6.07) is 0. The Kier molecular flexibility index (Phi) is 14.2. The molecule has 27 heavy (non-hydrogen) atoms. The molecular weight excluding hydrogens is 336 g/mol. The molecule has 1 rings (SSSR count). The number of likely N-dealkylation sites (tertiary alicyclic amines) is 1. The molecule has 1 fully saturated rings. The van der Waals surface area contributed by atoms with Gasteiger partial charge in [-0.1, -0.05) is 103 Å². The number of hydrogen-bond donors (Lipinski definition) is 1. The summed E-state index contributed by atoms with van der Waals surface area (Å²) in [7, 11) is 0. The fraction of sp³-hybridized carbons (Fsp3) is 0.913. The van der Waals surface area contributed by atoms with Gasteiger partial charge in [-0.25, -0.2) is 0 Å². The van der Waals surface area contributed by atoms with Crippen molar-refractivity contribution in [3.8, 4) is 0 Å². The van der Waals surface area contributed by atoms with Crippen LogP contribution in [0.25, 0.3) is 0 Å². The number of nitrogens with zero attached hydrogens (tertiary/aromatic N) is 1. The molecule has 2 N–H and O–H groups in total. The Morgan fingerprint density at radius 1 is 0.815 bits per heavy atom. The van der Waals surface area contributed by atoms with Crippen molar-refractivity contribution >= 4 is 11.8 Å². The Morgan fingerprint density at radius 3 is 1.59 bits per heavy atom. The van der Waals surface area contributed by atoms with E-state index in [0.29, 0.717) is 13.0 Å². The number of carbonyl (C=O) groups is 2. The van der Waals surface area contributed by atoms with Crippen molar-refractivity contribution in [3.63, 3.8) is 0 Å². The van der Waals surface area contributed by atoms with Gasteiger partial charge >= 0.3 is 0 Å². The van der Waals surface area contributed by atoms with Crippen molar-refractivity contribution in [2.75, 3.05) is 13.1 Å². The third-order valence-corrected chi connectivity index (χ3v) is 5.90. The quantitative estimate of drug-likeness (QED) is 0.315. The highest BCUT2D eigenvalue weighted by Crippen LogP contribution is 2.18. The van der Waals surface area contributed by atoms with Crippen molar-refractivity contribution in [2.24, 2.45) is 11.7 Å². The van der Waals surface area contributed by atoms with Crippen LogP contribution in [0.5, 0.6) is 0 Å². The molecule has 2 amide bonds. The Morgan fingerprint density at radius 2 is 1.22 bits per heavy atom. The largest absolute Gasteiger partial charge is 0.369 e. The Bertz CT molecular complexity index is 398. The SMILES string of the molecule is CCCCCCCCCCCCCCCCCCN1CC(C(N)=O)CC1=O. The Labute approximate surface area is 167 Å². The van der Waals surface area contributed by atoms with Crippen LogP contribution in [0.15, 0.2) is 0 Å². The van der Waals surface area contributed by atoms with Crippen molar-refractivity contribution in [3.05, 3.63) is 0 Å². The summed E-state index contributed by atoms with van der Waals surface area (Å²) in [5.74, 6) is -0.504. The molecule has 1 aliphatic rings. The minimum atomic E-state index is -0.335. The lowest BCUT2D eigenvalue weighted by Gasteiger charge is -2.15. The van der Waals surface area contributed by atoms with E-state index in [2.05, 4.69) is 6.92 Å². The van der Waals surface area contributed by atoms with Gasteiger partial charge in [0.1, 0.15) is 0 Å². The smallest absolute Gasteiger partial charge is 0.223 e. The predicted molar refractivity (Wildman–Crippen MR) is 113 cm³/mol. The summed E-state index contributed by atoms with van der Waals surface area (Å²) in [5.41, 5.74) is 5.29. The van der Waals surface area contributed by atoms with Crippen LogP contribution in [0, 0.1) is 5.92 Å². The highest BCUT2D eigenvalue weighted by atomic mass is 16.2. The van der Waals surface area contributed by atoms with E-state index in [1.54, 1.807) is 0 Å². The molecule has 1 atom stereocenters. The van der Waals surface area contributed by atoms with Gasteiger partial charge in [0, 0.05) is 19.5 Å². The molecule has 0 saturated carbocycles. The highest BCUT2D eigenvalue weighted by molar-refractivity contribution is 5.88. The first-order valence-electron chi connectivity index (χ1n) is 11.7. The molecule has 1 heterocycles. The topological polar surface area (TPSA) is 63.4 Å². The third-order valence-electron chi connectivity index (χ3n) is 5.90. The number of amides is 2. The predicted octanol–water partition coefficient (Wildman–Crippen LogP) is 5.58. The maximum atomic E-state index is 11.8. The summed E-state index contributed by atoms with van der Waals surface area (Å²) in [6.07, 6.45) is 22.0. The molecule has 4 heteroatoms. The average Bonchev–Trinajstić information content (AvgIpc) is 3.02. The van der Waals surface area contributed by atoms with Crippen molar-refractivity contribution in [1.82, 2.24) is 4.90 Å². The van der Waals surface area contributed by atoms with Crippen LogP contribution in [-0.2, 0) is 9.59 Å². The van der Waals surface area contributed by atoms with Crippen LogP contribution < -0.4 is 5.73 Å². The van der Waals surface area contributed by atoms with Crippen LogP contribution >= 0.6 is 0 Å². The highest BCUT2D eigenvalue weighted by Gasteiger charge is 2.32. The lowest BCUT2D eigenvalue weighted by molar-refractivity contribution is -0.128. The summed E-state index contributed by atoms with van der Waals surface area (Å²) in [5, 5.41) is 0. The Hall–Kier alpha value is -1.06. The van der Waals surface area contributed by atoms with Gasteiger partial charge in [-0.15, -0.1) is 0 Å². The minimum Gasteiger partial charge on any atom is -0.369 e. The molecule has 1 unspecified atom stereocenters. The molecule has 158 valence electrons. The van der Waals surface area contributed by atoms with E-state index in [-0.39, 0.29) is 17.7 Å². The molecule has 1 aliphatic heterocycles. The third kappa shape index (κ3) is 12.1. The van der Waals surface area contributed by atoms with Gasteiger partial charge in [0.2, 0.25) is 11.8 Å². The molecule has 1 saturated heterocycles. The van der Waals surface area contributed by atoms with E-state index < -0.39 is 0 Å². The maximum Gasteiger partial charge on any atom is 0.223 e. The Balaban J connectivity index is 1.78. The summed E-state index contributed by atoms with van der Waals surface area (Å²) in [6.45, 7) is 3.60. The lowest BCUT2D eigenvalue weighted by Crippen LogP contribution is -2.29. The van der Waals surface area contributed by atoms with Crippen molar-refractivity contribution in [2.45, 2.75) is 116 Å². The van der Waals surface area contributed by atoms with Crippen molar-refractivity contribution < 1.29 is 9.59 Å². The van der Waals surface area contributed by atoms with Gasteiger partial charge in [-0.3, -0.25) is 9.59 Å². The second-order valence-electron chi connectivity index (χ2n) is 8.45. The number of nitrogens with two attached hydrogens (primary N) is 1. The molecule has 0 spiro atoms. The summed E-state index contributed by atoms with van der Waals surface area (Å²) >= 11 is 0. The number of carbonyl (C=O) groups excluding carboxylic acids is 2. The van der Waals surface area contributed by atoms with Crippen LogP contribution in [0.1, 0.15) is 116 Å². The number of rotatable bonds is 18. The first-order chi connectivity index (χ1) is 13.1. The second-order valence-corrected chi connectivity index (χ2v) is 8.45. The minimum absolute atomic E-state index is 0.0970. The van der Waals surface area contributed by atoms with Gasteiger partial charge in [0.25, 0.3) is 0 Å². The number of unbranched alkanes of at least 4 members (excludes halogenated alkanes) is 15. The number of hydrogen-bond acceptors (Lipinski definition) is 2. The van der Waals surface area contributed by atoms with Crippen LogP contribution in [0.4, 0.5) is 0 Å². The van der Waals surface area contributed by atoms with E-state index >= 15 is 0 Å². The fourth-order valence-corrected chi connectivity index (χ4v) is 4.03. The second kappa shape index (κ2) is 15.9. The summed E-state index contributed by atoms with van der Waals surface area (Å²) in [4.78, 5) is 24.8. The van der Waals surface area contributed by atoms with Gasteiger partial charge in [0.15, 0.2) is 0 Å². The molecule has 4 nitrogen and oxygen atoms in total. The molecule has 0 bridgehead atoms. The van der Waals surface area contributed by atoms with Gasteiger partial charge in [-0.2, -0.15) is 0 Å². The van der Waals surface area contributed by atoms with E-state index in [1.165, 1.54) is 96.3 Å². The zero-order valence-corrected chi connectivity index (χ0v) is 17.9. The van der Waals surface area contributed by atoms with E-state index in [1.807, 2.05) is 4.90 Å². The summed E-state index contributed by atoms with van der Waals surface area (Å²) < 4.78 is 0. The van der Waals surface area contributed by atoms with Gasteiger partial charge < -0.3 is 10.6 Å². The van der Waals surface area contributed by atoms with Crippen molar-refractivity contribution in [1.29, 1.82) is 0 Å².